The van der Waals surface area contributed by atoms with Crippen molar-refractivity contribution in [3.05, 3.63) is 88.6 Å². The first-order valence-corrected chi connectivity index (χ1v) is 7.89. The highest BCUT2D eigenvalue weighted by Gasteiger charge is 2.34. The van der Waals surface area contributed by atoms with Crippen molar-refractivity contribution in [3.8, 4) is 0 Å². The third kappa shape index (κ3) is 2.78. The molecule has 2 N–H and O–H groups in total. The van der Waals surface area contributed by atoms with Gasteiger partial charge in [-0.05, 0) is 12.1 Å². The second kappa shape index (κ2) is 6.34. The first-order chi connectivity index (χ1) is 13.1. The maximum Gasteiger partial charge on any atom is 0.305 e. The molecule has 4 rings (SSSR count). The van der Waals surface area contributed by atoms with Gasteiger partial charge in [-0.25, -0.2) is 0 Å². The standard InChI is InChI=1S/C19H11N3O5/c23-15-11-3-1-2-4-12(11)16(24)17-13(15)9-14(27-17)19(26)22-21-18(25)10-5-7-20-8-6-10/h1-9H,(H,21,25)(H,22,26). The van der Waals surface area contributed by atoms with Crippen molar-refractivity contribution in [1.29, 1.82) is 0 Å². The largest absolute Gasteiger partial charge is 0.447 e. The maximum atomic E-state index is 12.5. The Bertz CT molecular complexity index is 1050. The molecule has 0 aliphatic heterocycles. The normalized spacial score (nSPS) is 12.1. The van der Waals surface area contributed by atoms with Crippen LogP contribution in [0.15, 0.2) is 59.3 Å². The molecule has 0 saturated carbocycles. The lowest BCUT2D eigenvalue weighted by Gasteiger charge is -2.11. The van der Waals surface area contributed by atoms with E-state index in [1.807, 2.05) is 0 Å². The van der Waals surface area contributed by atoms with Gasteiger partial charge in [0.1, 0.15) is 0 Å². The Morgan fingerprint density at radius 2 is 1.44 bits per heavy atom. The van der Waals surface area contributed by atoms with Gasteiger partial charge in [-0.15, -0.1) is 0 Å². The van der Waals surface area contributed by atoms with Crippen LogP contribution in [0.2, 0.25) is 0 Å². The summed E-state index contributed by atoms with van der Waals surface area (Å²) in [6.07, 6.45) is 2.87. The second-order valence-electron chi connectivity index (χ2n) is 5.70. The fourth-order valence-electron chi connectivity index (χ4n) is 2.74. The maximum absolute atomic E-state index is 12.5. The van der Waals surface area contributed by atoms with Crippen LogP contribution in [0, 0.1) is 0 Å². The Labute approximate surface area is 152 Å². The van der Waals surface area contributed by atoms with Gasteiger partial charge in [0.2, 0.25) is 5.78 Å². The number of hydrogen-bond acceptors (Lipinski definition) is 6. The molecule has 8 heteroatoms. The van der Waals surface area contributed by atoms with E-state index in [-0.39, 0.29) is 28.2 Å². The number of furan rings is 1. The topological polar surface area (TPSA) is 118 Å². The number of rotatable bonds is 2. The number of nitrogens with one attached hydrogen (secondary N) is 2. The molecule has 1 aliphatic carbocycles. The summed E-state index contributed by atoms with van der Waals surface area (Å²) in [5.41, 5.74) is 5.20. The number of carbonyl (C=O) groups is 4. The minimum Gasteiger partial charge on any atom is -0.447 e. The van der Waals surface area contributed by atoms with E-state index in [2.05, 4.69) is 15.8 Å². The SMILES string of the molecule is O=C(NNC(=O)c1cc2c(o1)C(=O)c1ccccc1C2=O)c1ccncc1. The molecule has 0 unspecified atom stereocenters. The molecule has 2 amide bonds. The van der Waals surface area contributed by atoms with E-state index in [0.29, 0.717) is 5.56 Å². The van der Waals surface area contributed by atoms with Gasteiger partial charge in [0.15, 0.2) is 17.3 Å². The molecule has 0 spiro atoms. The average Bonchev–Trinajstić information content (AvgIpc) is 3.17. The number of hydrogen-bond donors (Lipinski definition) is 2. The number of pyridine rings is 1. The number of fused-ring (bicyclic) bond motifs is 2. The summed E-state index contributed by atoms with van der Waals surface area (Å²) in [5.74, 6) is -2.67. The van der Waals surface area contributed by atoms with Crippen LogP contribution in [0.3, 0.4) is 0 Å². The molecule has 132 valence electrons. The number of aromatic nitrogens is 1. The van der Waals surface area contributed by atoms with Gasteiger partial charge >= 0.3 is 5.91 Å². The Morgan fingerprint density at radius 1 is 0.815 bits per heavy atom. The molecule has 2 aromatic heterocycles. The first kappa shape index (κ1) is 16.4. The van der Waals surface area contributed by atoms with Crippen LogP contribution in [0.5, 0.6) is 0 Å². The average molecular weight is 361 g/mol. The minimum atomic E-state index is -0.795. The van der Waals surface area contributed by atoms with Gasteiger partial charge in [-0.3, -0.25) is 35.0 Å². The zero-order valence-electron chi connectivity index (χ0n) is 13.7. The summed E-state index contributed by atoms with van der Waals surface area (Å²) >= 11 is 0. The fourth-order valence-corrected chi connectivity index (χ4v) is 2.74. The molecule has 1 aliphatic rings. The number of ketones is 2. The van der Waals surface area contributed by atoms with E-state index in [1.165, 1.54) is 36.7 Å². The van der Waals surface area contributed by atoms with Crippen LogP contribution in [-0.2, 0) is 0 Å². The van der Waals surface area contributed by atoms with E-state index < -0.39 is 23.4 Å². The molecule has 3 aromatic rings. The molecule has 1 aromatic carbocycles. The lowest BCUT2D eigenvalue weighted by Crippen LogP contribution is -2.41. The molecule has 0 radical (unpaired) electrons. The van der Waals surface area contributed by atoms with E-state index in [1.54, 1.807) is 18.2 Å². The van der Waals surface area contributed by atoms with Crippen molar-refractivity contribution in [2.24, 2.45) is 0 Å². The number of benzene rings is 1. The summed E-state index contributed by atoms with van der Waals surface area (Å²) in [6.45, 7) is 0. The molecule has 27 heavy (non-hydrogen) atoms. The Hall–Kier alpha value is -4.07. The summed E-state index contributed by atoms with van der Waals surface area (Å²) in [7, 11) is 0. The third-order valence-electron chi connectivity index (χ3n) is 4.06. The highest BCUT2D eigenvalue weighted by molar-refractivity contribution is 6.27. The summed E-state index contributed by atoms with van der Waals surface area (Å²) < 4.78 is 5.30. The monoisotopic (exact) mass is 361 g/mol. The van der Waals surface area contributed by atoms with Crippen LogP contribution in [-0.4, -0.2) is 28.4 Å². The molecule has 2 heterocycles. The van der Waals surface area contributed by atoms with Crippen LogP contribution in [0.4, 0.5) is 0 Å². The van der Waals surface area contributed by atoms with Crippen LogP contribution >= 0.6 is 0 Å². The van der Waals surface area contributed by atoms with Crippen molar-refractivity contribution >= 4 is 23.4 Å². The molecule has 0 saturated heterocycles. The van der Waals surface area contributed by atoms with Gasteiger partial charge in [0, 0.05) is 35.2 Å². The Kier molecular flexibility index (Phi) is 3.85. The summed E-state index contributed by atoms with van der Waals surface area (Å²) in [5, 5.41) is 0. The molecule has 8 nitrogen and oxygen atoms in total. The smallest absolute Gasteiger partial charge is 0.305 e. The van der Waals surface area contributed by atoms with Crippen molar-refractivity contribution in [2.45, 2.75) is 0 Å². The van der Waals surface area contributed by atoms with Gasteiger partial charge in [-0.2, -0.15) is 0 Å². The molecule has 0 fully saturated rings. The minimum absolute atomic E-state index is 0.0179. The highest BCUT2D eigenvalue weighted by atomic mass is 16.4. The first-order valence-electron chi connectivity index (χ1n) is 7.89. The third-order valence-corrected chi connectivity index (χ3v) is 4.06. The zero-order chi connectivity index (χ0) is 19.0. The van der Waals surface area contributed by atoms with E-state index >= 15 is 0 Å². The van der Waals surface area contributed by atoms with Crippen molar-refractivity contribution < 1.29 is 23.6 Å². The van der Waals surface area contributed by atoms with Crippen LogP contribution in [0.25, 0.3) is 0 Å². The van der Waals surface area contributed by atoms with E-state index in [9.17, 15) is 19.2 Å². The van der Waals surface area contributed by atoms with Gasteiger partial charge in [0.25, 0.3) is 5.91 Å². The molecular formula is C19H11N3O5. The molecule has 0 bridgehead atoms. The van der Waals surface area contributed by atoms with Gasteiger partial charge in [0.05, 0.1) is 5.56 Å². The highest BCUT2D eigenvalue weighted by Crippen LogP contribution is 2.29. The number of hydrazine groups is 1. The Morgan fingerprint density at radius 3 is 2.15 bits per heavy atom. The van der Waals surface area contributed by atoms with Gasteiger partial charge in [-0.1, -0.05) is 24.3 Å². The number of nitrogens with zero attached hydrogens (tertiary/aromatic N) is 1. The number of carbonyl (C=O) groups excluding carboxylic acids is 4. The lowest BCUT2D eigenvalue weighted by atomic mass is 9.89. The summed E-state index contributed by atoms with van der Waals surface area (Å²) in [4.78, 5) is 53.0. The molecular weight excluding hydrogens is 350 g/mol. The summed E-state index contributed by atoms with van der Waals surface area (Å²) in [6, 6.07) is 10.5. The molecule has 0 atom stereocenters. The zero-order valence-corrected chi connectivity index (χ0v) is 13.7. The van der Waals surface area contributed by atoms with Crippen LogP contribution < -0.4 is 10.9 Å². The quantitative estimate of drug-likeness (QED) is 0.523. The van der Waals surface area contributed by atoms with Crippen molar-refractivity contribution in [3.63, 3.8) is 0 Å². The predicted octanol–water partition coefficient (Wildman–Crippen LogP) is 1.52. The number of amides is 2. The van der Waals surface area contributed by atoms with E-state index in [4.69, 9.17) is 4.42 Å². The van der Waals surface area contributed by atoms with Crippen molar-refractivity contribution in [2.75, 3.05) is 0 Å². The van der Waals surface area contributed by atoms with Crippen LogP contribution in [0.1, 0.15) is 53.0 Å². The van der Waals surface area contributed by atoms with Crippen molar-refractivity contribution in [1.82, 2.24) is 15.8 Å². The predicted molar refractivity (Wildman–Crippen MR) is 91.2 cm³/mol. The fraction of sp³-hybridized carbons (Fsp3) is 0. The van der Waals surface area contributed by atoms with E-state index in [0.717, 1.165) is 0 Å². The van der Waals surface area contributed by atoms with Gasteiger partial charge < -0.3 is 4.42 Å². The lowest BCUT2D eigenvalue weighted by molar-refractivity contribution is 0.0827. The second-order valence-corrected chi connectivity index (χ2v) is 5.70. The Balaban J connectivity index is 1.54.